The number of benzene rings is 2. The molecule has 2 aliphatic heterocycles. The van der Waals surface area contributed by atoms with Gasteiger partial charge in [0.1, 0.15) is 53.0 Å². The van der Waals surface area contributed by atoms with Crippen LogP contribution in [0.3, 0.4) is 0 Å². The average molecular weight is 611 g/mol. The molecule has 0 amide bonds. The topological polar surface area (TPSA) is 269 Å². The zero-order valence-electron chi connectivity index (χ0n) is 22.5. The van der Waals surface area contributed by atoms with Crippen molar-refractivity contribution in [3.8, 4) is 45.8 Å². The molecule has 234 valence electrons. The molecule has 0 unspecified atom stereocenters. The predicted octanol–water partition coefficient (Wildman–Crippen LogP) is -0.954. The Morgan fingerprint density at radius 1 is 0.698 bits per heavy atom. The van der Waals surface area contributed by atoms with Gasteiger partial charge in [0.2, 0.25) is 17.5 Å². The van der Waals surface area contributed by atoms with Crippen LogP contribution >= 0.6 is 0 Å². The van der Waals surface area contributed by atoms with Crippen molar-refractivity contribution in [1.29, 1.82) is 0 Å². The summed E-state index contributed by atoms with van der Waals surface area (Å²) < 4.78 is 28.4. The Morgan fingerprint density at radius 3 is 1.91 bits per heavy atom. The smallest absolute Gasteiger partial charge is 0.239 e. The fourth-order valence-corrected chi connectivity index (χ4v) is 4.94. The van der Waals surface area contributed by atoms with Gasteiger partial charge in [-0.2, -0.15) is 0 Å². The fraction of sp³-hybridized carbons (Fsp3) is 0.444. The number of aliphatic hydroxyl groups is 5. The molecule has 0 bridgehead atoms. The molecule has 10 N–H and O–H groups in total. The molecule has 1 aromatic heterocycles. The van der Waals surface area contributed by atoms with Crippen LogP contribution in [0, 0.1) is 0 Å². The third-order valence-electron chi connectivity index (χ3n) is 7.37. The molecule has 2 aromatic carbocycles. The summed E-state index contributed by atoms with van der Waals surface area (Å²) >= 11 is 0. The Hall–Kier alpha value is -3.87. The summed E-state index contributed by atoms with van der Waals surface area (Å²) in [6.07, 6.45) is -15.8. The van der Waals surface area contributed by atoms with Crippen LogP contribution in [0.2, 0.25) is 0 Å². The van der Waals surface area contributed by atoms with Gasteiger partial charge in [-0.05, 0) is 26.0 Å². The van der Waals surface area contributed by atoms with Gasteiger partial charge >= 0.3 is 0 Å². The zero-order valence-corrected chi connectivity index (χ0v) is 22.5. The Bertz CT molecular complexity index is 1550. The molecular weight excluding hydrogens is 580 g/mol. The van der Waals surface area contributed by atoms with Gasteiger partial charge in [-0.15, -0.1) is 0 Å². The molecule has 0 saturated carbocycles. The highest BCUT2D eigenvalue weighted by atomic mass is 16.8. The molecule has 43 heavy (non-hydrogen) atoms. The average Bonchev–Trinajstić information content (AvgIpc) is 2.94. The van der Waals surface area contributed by atoms with Crippen LogP contribution in [-0.4, -0.2) is 112 Å². The first-order valence-electron chi connectivity index (χ1n) is 13.0. The van der Waals surface area contributed by atoms with Crippen LogP contribution in [0.25, 0.3) is 22.3 Å². The van der Waals surface area contributed by atoms with Crippen LogP contribution in [-0.2, 0) is 14.2 Å². The summed E-state index contributed by atoms with van der Waals surface area (Å²) in [6.45, 7) is 2.75. The third kappa shape index (κ3) is 5.39. The number of aromatic hydroxyl groups is 5. The largest absolute Gasteiger partial charge is 0.508 e. The van der Waals surface area contributed by atoms with Crippen molar-refractivity contribution in [2.24, 2.45) is 0 Å². The normalized spacial score (nSPS) is 33.0. The van der Waals surface area contributed by atoms with E-state index >= 15 is 0 Å². The summed E-state index contributed by atoms with van der Waals surface area (Å²) in [5, 5.41) is 102. The molecule has 3 aromatic rings. The molecule has 16 nitrogen and oxygen atoms in total. The molecule has 2 aliphatic rings. The summed E-state index contributed by atoms with van der Waals surface area (Å²) in [7, 11) is 0. The van der Waals surface area contributed by atoms with Crippen molar-refractivity contribution < 1.29 is 74.4 Å². The van der Waals surface area contributed by atoms with Crippen molar-refractivity contribution in [1.82, 2.24) is 0 Å². The molecule has 0 radical (unpaired) electrons. The molecule has 10 atom stereocenters. The van der Waals surface area contributed by atoms with Crippen molar-refractivity contribution in [2.75, 3.05) is 0 Å². The molecule has 0 spiro atoms. The Kier molecular flexibility index (Phi) is 8.05. The minimum atomic E-state index is -1.83. The minimum Gasteiger partial charge on any atom is -0.508 e. The van der Waals surface area contributed by atoms with Gasteiger partial charge in [-0.25, -0.2) is 0 Å². The Labute approximate surface area is 241 Å². The quantitative estimate of drug-likeness (QED) is 0.156. The molecule has 0 aliphatic carbocycles. The van der Waals surface area contributed by atoms with E-state index in [-0.39, 0.29) is 11.1 Å². The fourth-order valence-electron chi connectivity index (χ4n) is 4.94. The van der Waals surface area contributed by atoms with Gasteiger partial charge in [-0.3, -0.25) is 4.79 Å². The molecule has 3 heterocycles. The first-order chi connectivity index (χ1) is 20.2. The first-order valence-corrected chi connectivity index (χ1v) is 13.0. The second-order valence-electron chi connectivity index (χ2n) is 10.4. The highest BCUT2D eigenvalue weighted by molar-refractivity contribution is 5.88. The standard InChI is InChI=1S/C27H30O16/c1-7-16(32)20(36)22(38)26(39-7)43-25-21(37)17(33)8(2)40-27(25)42-24-19(35)15-11(29)5-10(28)6-14(15)41-23(24)9-3-12(30)18(34)13(31)4-9/h3-8,16-17,20-22,25-34,36-38H,1-2H3/t7-,8-,16-,17-,20+,21+,22-,25-,26-,27-/m0/s1. The van der Waals surface area contributed by atoms with Crippen LogP contribution in [0.4, 0.5) is 0 Å². The van der Waals surface area contributed by atoms with E-state index in [1.165, 1.54) is 13.8 Å². The monoisotopic (exact) mass is 610 g/mol. The van der Waals surface area contributed by atoms with Crippen LogP contribution in [0.5, 0.6) is 34.5 Å². The van der Waals surface area contributed by atoms with E-state index in [1.807, 2.05) is 0 Å². The molecule has 16 heteroatoms. The number of ether oxygens (including phenoxy) is 4. The highest BCUT2D eigenvalue weighted by Crippen LogP contribution is 2.43. The third-order valence-corrected chi connectivity index (χ3v) is 7.37. The lowest BCUT2D eigenvalue weighted by Gasteiger charge is -2.45. The lowest BCUT2D eigenvalue weighted by atomic mass is 9.98. The Balaban J connectivity index is 1.63. The van der Waals surface area contributed by atoms with Gasteiger partial charge in [0.15, 0.2) is 35.4 Å². The zero-order chi connectivity index (χ0) is 31.5. The Morgan fingerprint density at radius 2 is 1.28 bits per heavy atom. The second kappa shape index (κ2) is 11.3. The molecule has 2 saturated heterocycles. The van der Waals surface area contributed by atoms with Gasteiger partial charge in [0, 0.05) is 17.7 Å². The van der Waals surface area contributed by atoms with E-state index in [0.29, 0.717) is 0 Å². The lowest BCUT2D eigenvalue weighted by Crippen LogP contribution is -2.63. The number of hydrogen-bond acceptors (Lipinski definition) is 16. The van der Waals surface area contributed by atoms with Gasteiger partial charge in [0.25, 0.3) is 0 Å². The van der Waals surface area contributed by atoms with Crippen molar-refractivity contribution in [3.05, 3.63) is 34.5 Å². The maximum atomic E-state index is 13.7. The number of hydrogen-bond donors (Lipinski definition) is 10. The first kappa shape index (κ1) is 30.6. The van der Waals surface area contributed by atoms with E-state index in [1.54, 1.807) is 0 Å². The number of fused-ring (bicyclic) bond motifs is 1. The summed E-state index contributed by atoms with van der Waals surface area (Å²) in [6, 6.07) is 3.67. The second-order valence-corrected chi connectivity index (χ2v) is 10.4. The van der Waals surface area contributed by atoms with Gasteiger partial charge < -0.3 is 74.4 Å². The molecular formula is C27H30O16. The van der Waals surface area contributed by atoms with E-state index < -0.39 is 112 Å². The number of phenolic OH excluding ortho intramolecular Hbond substituents is 5. The van der Waals surface area contributed by atoms with E-state index in [0.717, 1.165) is 24.3 Å². The molecule has 5 rings (SSSR count). The minimum absolute atomic E-state index is 0.233. The summed E-state index contributed by atoms with van der Waals surface area (Å²) in [5.41, 5.74) is -1.64. The lowest BCUT2D eigenvalue weighted by molar-refractivity contribution is -0.352. The van der Waals surface area contributed by atoms with Gasteiger partial charge in [-0.1, -0.05) is 0 Å². The van der Waals surface area contributed by atoms with Crippen molar-refractivity contribution >= 4 is 11.0 Å². The maximum Gasteiger partial charge on any atom is 0.239 e. The molecule has 2 fully saturated rings. The van der Waals surface area contributed by atoms with E-state index in [9.17, 15) is 55.9 Å². The highest BCUT2D eigenvalue weighted by Gasteiger charge is 2.50. The number of rotatable bonds is 5. The van der Waals surface area contributed by atoms with Crippen molar-refractivity contribution in [3.63, 3.8) is 0 Å². The van der Waals surface area contributed by atoms with E-state index in [4.69, 9.17) is 23.4 Å². The summed E-state index contributed by atoms with van der Waals surface area (Å²) in [5.74, 6) is -4.95. The van der Waals surface area contributed by atoms with Crippen LogP contribution in [0.1, 0.15) is 13.8 Å². The van der Waals surface area contributed by atoms with Gasteiger partial charge in [0.05, 0.1) is 12.2 Å². The van der Waals surface area contributed by atoms with Crippen LogP contribution in [0.15, 0.2) is 33.5 Å². The van der Waals surface area contributed by atoms with Crippen LogP contribution < -0.4 is 10.2 Å². The number of aliphatic hydroxyl groups excluding tert-OH is 5. The van der Waals surface area contributed by atoms with Crippen molar-refractivity contribution in [2.45, 2.75) is 75.3 Å². The number of phenols is 5. The maximum absolute atomic E-state index is 13.7. The predicted molar refractivity (Wildman–Crippen MR) is 140 cm³/mol. The SMILES string of the molecule is C[C@@H]1O[C@@H](O[C@@H]2[C@H](Oc3c(-c4cc(O)c(O)c(O)c4)oc4cc(O)cc(O)c4c3=O)O[C@@H](C)[C@H](O)[C@H]2O)[C@@H](O)[C@H](O)[C@H]1O. The summed E-state index contributed by atoms with van der Waals surface area (Å²) in [4.78, 5) is 13.7. The van der Waals surface area contributed by atoms with E-state index in [2.05, 4.69) is 0 Å².